The number of rotatable bonds is 5. The number of methoxy groups -OCH3 is 2. The van der Waals surface area contributed by atoms with E-state index >= 15 is 0 Å². The number of halogens is 4. The molecule has 0 unspecified atom stereocenters. The van der Waals surface area contributed by atoms with Crippen LogP contribution in [0.2, 0.25) is 5.02 Å². The van der Waals surface area contributed by atoms with E-state index in [1.54, 1.807) is 20.3 Å². The smallest absolute Gasteiger partial charge is 0.417 e. The van der Waals surface area contributed by atoms with Crippen molar-refractivity contribution in [2.75, 3.05) is 14.2 Å². The molecule has 0 N–H and O–H groups in total. The van der Waals surface area contributed by atoms with Gasteiger partial charge in [0.05, 0.1) is 30.2 Å². The molecule has 4 aromatic carbocycles. The summed E-state index contributed by atoms with van der Waals surface area (Å²) in [7, 11) is 3.33. The molecule has 0 bridgehead atoms. The number of aryl methyl sites for hydroxylation is 2. The van der Waals surface area contributed by atoms with E-state index in [2.05, 4.69) is 24.3 Å². The van der Waals surface area contributed by atoms with Crippen LogP contribution in [0.4, 0.5) is 13.2 Å². The lowest BCUT2D eigenvalue weighted by Gasteiger charge is -2.28. The van der Waals surface area contributed by atoms with E-state index in [0.29, 0.717) is 12.0 Å². The first-order chi connectivity index (χ1) is 16.8. The molecule has 0 amide bonds. The van der Waals surface area contributed by atoms with Crippen LogP contribution in [-0.2, 0) is 19.0 Å². The zero-order valence-corrected chi connectivity index (χ0v) is 20.4. The van der Waals surface area contributed by atoms with Gasteiger partial charge in [-0.2, -0.15) is 13.2 Å². The molecule has 6 heteroatoms. The maximum atomic E-state index is 13.3. The highest BCUT2D eigenvalue weighted by Crippen LogP contribution is 2.45. The minimum Gasteiger partial charge on any atom is -0.496 e. The van der Waals surface area contributed by atoms with Gasteiger partial charge in [-0.25, -0.2) is 0 Å². The maximum Gasteiger partial charge on any atom is 0.417 e. The largest absolute Gasteiger partial charge is 0.496 e. The van der Waals surface area contributed by atoms with Gasteiger partial charge in [-0.3, -0.25) is 0 Å². The molecule has 0 saturated carbocycles. The van der Waals surface area contributed by atoms with E-state index in [0.717, 1.165) is 59.4 Å². The van der Waals surface area contributed by atoms with Crippen LogP contribution < -0.4 is 9.47 Å². The van der Waals surface area contributed by atoms with Crippen molar-refractivity contribution in [3.05, 3.63) is 81.9 Å². The lowest BCUT2D eigenvalue weighted by atomic mass is 9.77. The highest BCUT2D eigenvalue weighted by Gasteiger charge is 2.34. The summed E-state index contributed by atoms with van der Waals surface area (Å²) in [5, 5.41) is 4.18. The average Bonchev–Trinajstić information content (AvgIpc) is 2.86. The van der Waals surface area contributed by atoms with E-state index in [4.69, 9.17) is 21.1 Å². The molecule has 0 saturated heterocycles. The summed E-state index contributed by atoms with van der Waals surface area (Å²) in [4.78, 5) is 0. The Labute approximate surface area is 207 Å². The predicted molar refractivity (Wildman–Crippen MR) is 135 cm³/mol. The van der Waals surface area contributed by atoms with Gasteiger partial charge >= 0.3 is 6.18 Å². The van der Waals surface area contributed by atoms with Gasteiger partial charge in [0.15, 0.2) is 0 Å². The Hall–Kier alpha value is -2.92. The first-order valence-corrected chi connectivity index (χ1v) is 12.1. The van der Waals surface area contributed by atoms with E-state index in [-0.39, 0.29) is 10.9 Å². The number of ether oxygens (including phenoxy) is 2. The van der Waals surface area contributed by atoms with Crippen molar-refractivity contribution in [2.45, 2.75) is 44.2 Å². The van der Waals surface area contributed by atoms with Gasteiger partial charge in [0.2, 0.25) is 0 Å². The molecular formula is C29H26ClF3O2. The summed E-state index contributed by atoms with van der Waals surface area (Å²) in [5.74, 6) is 1.81. The molecule has 1 atom stereocenters. The number of hydrogen-bond acceptors (Lipinski definition) is 2. The second-order valence-electron chi connectivity index (χ2n) is 9.09. The lowest BCUT2D eigenvalue weighted by Crippen LogP contribution is -2.12. The van der Waals surface area contributed by atoms with Gasteiger partial charge in [0.1, 0.15) is 11.5 Å². The summed E-state index contributed by atoms with van der Waals surface area (Å²) >= 11 is 6.16. The van der Waals surface area contributed by atoms with Crippen LogP contribution in [0.15, 0.2) is 54.6 Å². The summed E-state index contributed by atoms with van der Waals surface area (Å²) in [6.07, 6.45) is -0.194. The van der Waals surface area contributed by atoms with Gasteiger partial charge in [0, 0.05) is 0 Å². The zero-order valence-electron chi connectivity index (χ0n) is 19.6. The van der Waals surface area contributed by atoms with Crippen molar-refractivity contribution >= 4 is 33.1 Å². The normalized spacial score (nSPS) is 15.9. The molecule has 1 aliphatic rings. The van der Waals surface area contributed by atoms with Crippen LogP contribution in [-0.4, -0.2) is 14.2 Å². The third kappa shape index (κ3) is 4.20. The summed E-state index contributed by atoms with van der Waals surface area (Å²) in [6, 6.07) is 16.7. The molecule has 0 heterocycles. The fourth-order valence-corrected chi connectivity index (χ4v) is 5.92. The Bertz CT molecular complexity index is 1410. The van der Waals surface area contributed by atoms with Gasteiger partial charge in [-0.1, -0.05) is 48.0 Å². The van der Waals surface area contributed by atoms with E-state index in [1.807, 2.05) is 12.1 Å². The van der Waals surface area contributed by atoms with Crippen molar-refractivity contribution in [3.63, 3.8) is 0 Å². The Kier molecular flexibility index (Phi) is 6.30. The van der Waals surface area contributed by atoms with E-state index in [1.165, 1.54) is 22.6 Å². The first kappa shape index (κ1) is 23.8. The Balaban J connectivity index is 1.54. The minimum absolute atomic E-state index is 0.181. The molecule has 5 rings (SSSR count). The summed E-state index contributed by atoms with van der Waals surface area (Å²) < 4.78 is 51.2. The molecule has 0 aliphatic heterocycles. The third-order valence-electron chi connectivity index (χ3n) is 7.24. The molecule has 0 radical (unpaired) electrons. The van der Waals surface area contributed by atoms with Crippen LogP contribution in [0.1, 0.15) is 47.4 Å². The zero-order chi connectivity index (χ0) is 24.7. The van der Waals surface area contributed by atoms with Gasteiger partial charge < -0.3 is 9.47 Å². The molecule has 4 aromatic rings. The fourth-order valence-electron chi connectivity index (χ4n) is 5.59. The van der Waals surface area contributed by atoms with Crippen LogP contribution in [0.5, 0.6) is 11.5 Å². The minimum atomic E-state index is -4.45. The van der Waals surface area contributed by atoms with Crippen LogP contribution in [0.3, 0.4) is 0 Å². The summed E-state index contributed by atoms with van der Waals surface area (Å²) in [5.41, 5.74) is 2.36. The van der Waals surface area contributed by atoms with Crippen LogP contribution >= 0.6 is 11.6 Å². The molecule has 35 heavy (non-hydrogen) atoms. The predicted octanol–water partition coefficient (Wildman–Crippen LogP) is 8.74. The molecule has 2 nitrogen and oxygen atoms in total. The van der Waals surface area contributed by atoms with Gasteiger partial charge in [0.25, 0.3) is 0 Å². The average molecular weight is 499 g/mol. The second-order valence-corrected chi connectivity index (χ2v) is 9.47. The van der Waals surface area contributed by atoms with Crippen molar-refractivity contribution in [3.8, 4) is 11.5 Å². The monoisotopic (exact) mass is 498 g/mol. The molecule has 182 valence electrons. The number of hydrogen-bond donors (Lipinski definition) is 0. The summed E-state index contributed by atoms with van der Waals surface area (Å²) in [6.45, 7) is 0. The molecule has 0 spiro atoms. The quantitative estimate of drug-likeness (QED) is 0.256. The maximum absolute atomic E-state index is 13.3. The van der Waals surface area contributed by atoms with Crippen LogP contribution in [0.25, 0.3) is 21.5 Å². The van der Waals surface area contributed by atoms with Crippen molar-refractivity contribution in [2.24, 2.45) is 0 Å². The number of alkyl halides is 3. The first-order valence-electron chi connectivity index (χ1n) is 11.8. The topological polar surface area (TPSA) is 18.5 Å². The van der Waals surface area contributed by atoms with Gasteiger partial charge in [-0.15, -0.1) is 0 Å². The third-order valence-corrected chi connectivity index (χ3v) is 7.68. The Morgan fingerprint density at radius 1 is 0.914 bits per heavy atom. The molecule has 0 fully saturated rings. The highest BCUT2D eigenvalue weighted by atomic mass is 35.5. The SMILES string of the molecule is COc1cccc2c1c(OC)cc1c3c(ccc12)[C@H](CCc1cccc(C(F)(F)F)c1Cl)CCC3. The number of benzene rings is 4. The van der Waals surface area contributed by atoms with Crippen molar-refractivity contribution in [1.82, 2.24) is 0 Å². The fraction of sp³-hybridized carbons (Fsp3) is 0.310. The standard InChI is InChI=1S/C29H26ClF3O2/c1-34-25-11-5-9-22-21-15-14-19-17(6-3-8-20(19)23(21)16-26(35-2)27(22)25)12-13-18-7-4-10-24(28(18)30)29(31,32)33/h4-5,7,9-11,14-17H,3,6,8,12-13H2,1-2H3/t17-/m0/s1. The van der Waals surface area contributed by atoms with Gasteiger partial charge in [-0.05, 0) is 89.1 Å². The Morgan fingerprint density at radius 2 is 1.69 bits per heavy atom. The van der Waals surface area contributed by atoms with Crippen molar-refractivity contribution in [1.29, 1.82) is 0 Å². The van der Waals surface area contributed by atoms with E-state index < -0.39 is 11.7 Å². The molecule has 0 aromatic heterocycles. The highest BCUT2D eigenvalue weighted by molar-refractivity contribution is 6.32. The van der Waals surface area contributed by atoms with E-state index in [9.17, 15) is 13.2 Å². The lowest BCUT2D eigenvalue weighted by molar-refractivity contribution is -0.137. The Morgan fingerprint density at radius 3 is 2.43 bits per heavy atom. The van der Waals surface area contributed by atoms with Crippen LogP contribution in [0, 0.1) is 0 Å². The van der Waals surface area contributed by atoms with Crippen molar-refractivity contribution < 1.29 is 22.6 Å². The second kappa shape index (κ2) is 9.27. The number of fused-ring (bicyclic) bond motifs is 5. The molecule has 1 aliphatic carbocycles. The molecular weight excluding hydrogens is 473 g/mol.